The topological polar surface area (TPSA) is 297 Å². The third-order valence-electron chi connectivity index (χ3n) is 12.7. The van der Waals surface area contributed by atoms with Crippen LogP contribution in [0.2, 0.25) is 0 Å². The highest BCUT2D eigenvalue weighted by atomic mass is 16.5. The molecular weight excluding hydrogens is 901 g/mol. The first-order valence-corrected chi connectivity index (χ1v) is 24.6. The van der Waals surface area contributed by atoms with Gasteiger partial charge in [-0.25, -0.2) is 0 Å². The second-order valence-corrected chi connectivity index (χ2v) is 18.9. The van der Waals surface area contributed by atoms with Crippen molar-refractivity contribution in [2.75, 3.05) is 119 Å². The quantitative estimate of drug-likeness (QED) is 0.0414. The predicted octanol–water partition coefficient (Wildman–Crippen LogP) is 1.16. The SMILES string of the molecule is CCCCCC(=O)N[C@@H](CCC(=O)NCCCCNC(=O)CCC(C(=O)O)N1CCN(CC(=O)O)CCN(CC(=O)O)CCN(CC(=O)O)CC1)C(=O)NCC(C)(CC)COCC(C)(CC)COC. The monoisotopic (exact) mass is 987 g/mol. The standard InChI is InChI=1S/C47H86N8O14/c1-7-10-11-14-40(58)51-36(44(65)50-32-46(4,8-2)34-69-35-47(5,9-3)33-68-6)15-17-38(56)48-19-12-13-20-49-39(57)18-16-37(45(66)67)55-27-25-53(30-42(61)62)23-21-52(29-41(59)60)22-24-54(26-28-55)31-43(63)64/h36-37H,7-35H2,1-6H3,(H,48,56)(H,49,57)(H,50,65)(H,51,58)(H,59,60)(H,61,62)(H,63,64)(H,66,67)/t36-,37?,46?,47?/m0/s1. The molecule has 1 aliphatic rings. The van der Waals surface area contributed by atoms with E-state index in [-0.39, 0.29) is 145 Å². The first-order chi connectivity index (χ1) is 32.7. The van der Waals surface area contributed by atoms with Crippen LogP contribution >= 0.6 is 0 Å². The van der Waals surface area contributed by atoms with Crippen molar-refractivity contribution in [1.82, 2.24) is 40.9 Å². The molecule has 1 rings (SSSR count). The molecule has 0 bridgehead atoms. The van der Waals surface area contributed by atoms with Gasteiger partial charge in [-0.3, -0.25) is 58.0 Å². The molecule has 8 N–H and O–H groups in total. The van der Waals surface area contributed by atoms with Gasteiger partial charge in [0, 0.05) is 109 Å². The smallest absolute Gasteiger partial charge is 0.320 e. The van der Waals surface area contributed by atoms with Gasteiger partial charge in [-0.05, 0) is 44.9 Å². The number of carboxylic acids is 4. The molecule has 398 valence electrons. The van der Waals surface area contributed by atoms with Crippen LogP contribution in [0.15, 0.2) is 0 Å². The summed E-state index contributed by atoms with van der Waals surface area (Å²) < 4.78 is 11.5. The molecule has 4 atom stereocenters. The Bertz CT molecular complexity index is 1560. The number of hydrogen-bond acceptors (Lipinski definition) is 14. The number of carboxylic acid groups (broad SMARTS) is 4. The molecule has 3 unspecified atom stereocenters. The molecule has 22 nitrogen and oxygen atoms in total. The fourth-order valence-corrected chi connectivity index (χ4v) is 7.71. The van der Waals surface area contributed by atoms with Crippen LogP contribution in [0.4, 0.5) is 0 Å². The van der Waals surface area contributed by atoms with E-state index in [2.05, 4.69) is 35.1 Å². The molecule has 0 aromatic heterocycles. The van der Waals surface area contributed by atoms with Crippen molar-refractivity contribution in [3.05, 3.63) is 0 Å². The Balaban J connectivity index is 2.76. The van der Waals surface area contributed by atoms with Gasteiger partial charge in [-0.2, -0.15) is 0 Å². The van der Waals surface area contributed by atoms with Crippen molar-refractivity contribution in [2.45, 2.75) is 124 Å². The normalized spacial score (nSPS) is 17.4. The summed E-state index contributed by atoms with van der Waals surface area (Å²) in [6.45, 7) is 12.9. The van der Waals surface area contributed by atoms with E-state index in [1.807, 2.05) is 20.8 Å². The van der Waals surface area contributed by atoms with E-state index in [0.29, 0.717) is 52.2 Å². The lowest BCUT2D eigenvalue weighted by molar-refractivity contribution is -0.145. The van der Waals surface area contributed by atoms with Crippen molar-refractivity contribution in [3.8, 4) is 0 Å². The van der Waals surface area contributed by atoms with E-state index in [9.17, 15) is 58.8 Å². The van der Waals surface area contributed by atoms with Gasteiger partial charge in [-0.1, -0.05) is 47.5 Å². The molecule has 0 aliphatic carbocycles. The summed E-state index contributed by atoms with van der Waals surface area (Å²) in [6.07, 6.45) is 5.33. The Labute approximate surface area is 408 Å². The van der Waals surface area contributed by atoms with Crippen LogP contribution in [0.25, 0.3) is 0 Å². The molecule has 1 heterocycles. The average Bonchev–Trinajstić information content (AvgIpc) is 3.28. The summed E-state index contributed by atoms with van der Waals surface area (Å²) in [5.74, 6) is -5.78. The van der Waals surface area contributed by atoms with E-state index >= 15 is 0 Å². The van der Waals surface area contributed by atoms with Gasteiger partial charge in [0.15, 0.2) is 0 Å². The molecule has 1 aliphatic heterocycles. The number of unbranched alkanes of at least 4 members (excludes halogenated alkanes) is 3. The molecule has 1 saturated heterocycles. The van der Waals surface area contributed by atoms with Crippen LogP contribution in [-0.2, 0) is 47.8 Å². The number of amides is 4. The molecule has 0 aromatic rings. The second-order valence-electron chi connectivity index (χ2n) is 18.9. The zero-order valence-corrected chi connectivity index (χ0v) is 42.3. The highest BCUT2D eigenvalue weighted by Gasteiger charge is 2.31. The van der Waals surface area contributed by atoms with Gasteiger partial charge in [0.2, 0.25) is 23.6 Å². The summed E-state index contributed by atoms with van der Waals surface area (Å²) in [5.41, 5.74) is -0.491. The van der Waals surface area contributed by atoms with Crippen LogP contribution in [-0.4, -0.2) is 218 Å². The lowest BCUT2D eigenvalue weighted by Crippen LogP contribution is -2.52. The maximum absolute atomic E-state index is 13.5. The zero-order chi connectivity index (χ0) is 51.8. The van der Waals surface area contributed by atoms with Gasteiger partial charge in [-0.15, -0.1) is 0 Å². The molecule has 22 heteroatoms. The Morgan fingerprint density at radius 1 is 0.565 bits per heavy atom. The number of nitrogens with zero attached hydrogens (tertiary/aromatic N) is 4. The number of hydrogen-bond donors (Lipinski definition) is 8. The van der Waals surface area contributed by atoms with Crippen LogP contribution in [0.1, 0.15) is 112 Å². The Morgan fingerprint density at radius 3 is 1.46 bits per heavy atom. The van der Waals surface area contributed by atoms with Crippen molar-refractivity contribution < 1.29 is 68.3 Å². The summed E-state index contributed by atoms with van der Waals surface area (Å²) in [6, 6.07) is -2.04. The molecule has 1 fully saturated rings. The number of rotatable bonds is 35. The van der Waals surface area contributed by atoms with Crippen LogP contribution in [0.5, 0.6) is 0 Å². The number of methoxy groups -OCH3 is 1. The lowest BCUT2D eigenvalue weighted by atomic mass is 9.87. The minimum Gasteiger partial charge on any atom is -0.480 e. The zero-order valence-electron chi connectivity index (χ0n) is 42.3. The number of aliphatic carboxylic acids is 4. The van der Waals surface area contributed by atoms with Gasteiger partial charge in [0.05, 0.1) is 39.5 Å². The molecule has 0 radical (unpaired) electrons. The maximum Gasteiger partial charge on any atom is 0.320 e. The van der Waals surface area contributed by atoms with Crippen molar-refractivity contribution in [2.24, 2.45) is 10.8 Å². The first-order valence-electron chi connectivity index (χ1n) is 24.6. The highest BCUT2D eigenvalue weighted by molar-refractivity contribution is 5.88. The van der Waals surface area contributed by atoms with Crippen LogP contribution < -0.4 is 21.3 Å². The number of ether oxygens (including phenoxy) is 2. The fraction of sp³-hybridized carbons (Fsp3) is 0.830. The summed E-state index contributed by atoms with van der Waals surface area (Å²) in [7, 11) is 1.67. The van der Waals surface area contributed by atoms with Crippen molar-refractivity contribution >= 4 is 47.5 Å². The minimum absolute atomic E-state index is 0.00431. The Morgan fingerprint density at radius 2 is 1.03 bits per heavy atom. The van der Waals surface area contributed by atoms with Gasteiger partial charge in [0.1, 0.15) is 12.1 Å². The number of nitrogens with one attached hydrogen (secondary N) is 4. The third-order valence-corrected chi connectivity index (χ3v) is 12.7. The first kappa shape index (κ1) is 62.5. The van der Waals surface area contributed by atoms with E-state index < -0.39 is 36.0 Å². The summed E-state index contributed by atoms with van der Waals surface area (Å²) >= 11 is 0. The number of carbonyl (C=O) groups excluding carboxylic acids is 4. The van der Waals surface area contributed by atoms with Crippen molar-refractivity contribution in [1.29, 1.82) is 0 Å². The van der Waals surface area contributed by atoms with Gasteiger partial charge in [0.25, 0.3) is 0 Å². The van der Waals surface area contributed by atoms with E-state index in [0.717, 1.165) is 25.7 Å². The molecule has 0 aromatic carbocycles. The Hall–Kier alpha value is -4.48. The molecule has 0 saturated carbocycles. The number of carbonyl (C=O) groups is 8. The van der Waals surface area contributed by atoms with E-state index in [1.165, 1.54) is 0 Å². The Kier molecular flexibility index (Phi) is 31.5. The van der Waals surface area contributed by atoms with E-state index in [4.69, 9.17) is 9.47 Å². The second kappa shape index (κ2) is 34.8. The molecule has 0 spiro atoms. The molecule has 69 heavy (non-hydrogen) atoms. The summed E-state index contributed by atoms with van der Waals surface area (Å²) in [4.78, 5) is 106. The lowest BCUT2D eigenvalue weighted by Gasteiger charge is -2.35. The van der Waals surface area contributed by atoms with Crippen molar-refractivity contribution in [3.63, 3.8) is 0 Å². The van der Waals surface area contributed by atoms with Gasteiger partial charge < -0.3 is 51.2 Å². The predicted molar refractivity (Wildman–Crippen MR) is 258 cm³/mol. The highest BCUT2D eigenvalue weighted by Crippen LogP contribution is 2.26. The minimum atomic E-state index is -1.19. The maximum atomic E-state index is 13.5. The van der Waals surface area contributed by atoms with E-state index in [1.54, 1.807) is 26.7 Å². The van der Waals surface area contributed by atoms with Gasteiger partial charge >= 0.3 is 23.9 Å². The third kappa shape index (κ3) is 28.7. The molecular formula is C47H86N8O14. The fourth-order valence-electron chi connectivity index (χ4n) is 7.71. The summed E-state index contributed by atoms with van der Waals surface area (Å²) in [5, 5.41) is 50.1. The molecule has 4 amide bonds. The average molecular weight is 987 g/mol. The van der Waals surface area contributed by atoms with Crippen LogP contribution in [0.3, 0.4) is 0 Å². The largest absolute Gasteiger partial charge is 0.480 e. The van der Waals surface area contributed by atoms with Crippen LogP contribution in [0, 0.1) is 10.8 Å².